The Balaban J connectivity index is 1.79. The van der Waals surface area contributed by atoms with Crippen LogP contribution in [0.1, 0.15) is 72.1 Å². The molecular formula is C18H32N2O3. The fourth-order valence-corrected chi connectivity index (χ4v) is 4.12. The van der Waals surface area contributed by atoms with E-state index in [9.17, 15) is 14.7 Å². The van der Waals surface area contributed by atoms with Crippen LogP contribution in [0.3, 0.4) is 0 Å². The highest BCUT2D eigenvalue weighted by atomic mass is 16.3. The molecule has 132 valence electrons. The Bertz CT molecular complexity index is 450. The van der Waals surface area contributed by atoms with Gasteiger partial charge in [0.2, 0.25) is 11.8 Å². The van der Waals surface area contributed by atoms with Gasteiger partial charge in [0.25, 0.3) is 0 Å². The Morgan fingerprint density at radius 1 is 1.30 bits per heavy atom. The average Bonchev–Trinajstić information content (AvgIpc) is 2.44. The molecule has 1 saturated heterocycles. The number of piperidine rings is 1. The smallest absolute Gasteiger partial charge is 0.222 e. The maximum Gasteiger partial charge on any atom is 0.222 e. The number of rotatable bonds is 5. The standard InChI is InChI=1S/C18H32N2O3/c1-14(20-10-5-4-7-16(20)22)11-15(21)19-13-18(23)9-6-8-17(2,3)12-18/h14,23H,4-13H2,1-3H3,(H,19,21)/t14-,18+/m0/s1. The largest absolute Gasteiger partial charge is 0.388 e. The van der Waals surface area contributed by atoms with Gasteiger partial charge in [0.15, 0.2) is 0 Å². The molecule has 1 aliphatic heterocycles. The Labute approximate surface area is 139 Å². The highest BCUT2D eigenvalue weighted by Crippen LogP contribution is 2.40. The predicted octanol–water partition coefficient (Wildman–Crippen LogP) is 2.22. The van der Waals surface area contributed by atoms with E-state index >= 15 is 0 Å². The molecule has 0 radical (unpaired) electrons. The first-order valence-electron chi connectivity index (χ1n) is 8.99. The second kappa shape index (κ2) is 7.20. The summed E-state index contributed by atoms with van der Waals surface area (Å²) in [5, 5.41) is 13.6. The number of nitrogens with zero attached hydrogens (tertiary/aromatic N) is 1. The molecule has 0 aromatic heterocycles. The lowest BCUT2D eigenvalue weighted by atomic mass is 9.70. The van der Waals surface area contributed by atoms with Gasteiger partial charge in [0.05, 0.1) is 5.60 Å². The van der Waals surface area contributed by atoms with Crippen molar-refractivity contribution in [2.24, 2.45) is 5.41 Å². The summed E-state index contributed by atoms with van der Waals surface area (Å²) in [7, 11) is 0. The molecule has 2 fully saturated rings. The van der Waals surface area contributed by atoms with Gasteiger partial charge in [-0.15, -0.1) is 0 Å². The van der Waals surface area contributed by atoms with Crippen LogP contribution < -0.4 is 5.32 Å². The van der Waals surface area contributed by atoms with E-state index in [-0.39, 0.29) is 23.3 Å². The second-order valence-electron chi connectivity index (χ2n) is 8.29. The number of carbonyl (C=O) groups excluding carboxylic acids is 2. The highest BCUT2D eigenvalue weighted by Gasteiger charge is 2.38. The van der Waals surface area contributed by atoms with Crippen molar-refractivity contribution in [3.63, 3.8) is 0 Å². The molecule has 0 aromatic rings. The first-order valence-corrected chi connectivity index (χ1v) is 8.99. The first-order chi connectivity index (χ1) is 10.7. The molecular weight excluding hydrogens is 292 g/mol. The van der Waals surface area contributed by atoms with E-state index in [0.29, 0.717) is 19.4 Å². The van der Waals surface area contributed by atoms with Gasteiger partial charge in [-0.2, -0.15) is 0 Å². The number of nitrogens with one attached hydrogen (secondary N) is 1. The quantitative estimate of drug-likeness (QED) is 0.815. The van der Waals surface area contributed by atoms with Crippen molar-refractivity contribution >= 4 is 11.8 Å². The van der Waals surface area contributed by atoms with E-state index < -0.39 is 5.60 Å². The molecule has 0 bridgehead atoms. The maximum absolute atomic E-state index is 12.2. The van der Waals surface area contributed by atoms with Crippen LogP contribution in [-0.4, -0.2) is 46.6 Å². The molecule has 5 nitrogen and oxygen atoms in total. The third-order valence-corrected chi connectivity index (χ3v) is 5.29. The summed E-state index contributed by atoms with van der Waals surface area (Å²) < 4.78 is 0. The van der Waals surface area contributed by atoms with Crippen molar-refractivity contribution in [2.45, 2.75) is 83.8 Å². The Hall–Kier alpha value is -1.10. The minimum Gasteiger partial charge on any atom is -0.388 e. The van der Waals surface area contributed by atoms with Gasteiger partial charge in [0.1, 0.15) is 0 Å². The molecule has 2 aliphatic rings. The van der Waals surface area contributed by atoms with Crippen LogP contribution >= 0.6 is 0 Å². The number of hydrogen-bond acceptors (Lipinski definition) is 3. The average molecular weight is 324 g/mol. The molecule has 0 unspecified atom stereocenters. The number of carbonyl (C=O) groups is 2. The Morgan fingerprint density at radius 2 is 2.04 bits per heavy atom. The predicted molar refractivity (Wildman–Crippen MR) is 89.9 cm³/mol. The monoisotopic (exact) mass is 324 g/mol. The van der Waals surface area contributed by atoms with Crippen molar-refractivity contribution in [2.75, 3.05) is 13.1 Å². The molecule has 2 N–H and O–H groups in total. The molecule has 2 atom stereocenters. The molecule has 2 rings (SSSR count). The normalized spacial score (nSPS) is 29.2. The van der Waals surface area contributed by atoms with Gasteiger partial charge in [-0.1, -0.05) is 13.8 Å². The van der Waals surface area contributed by atoms with E-state index in [4.69, 9.17) is 0 Å². The minimum atomic E-state index is -0.790. The van der Waals surface area contributed by atoms with Gasteiger partial charge in [-0.3, -0.25) is 9.59 Å². The summed E-state index contributed by atoms with van der Waals surface area (Å²) >= 11 is 0. The van der Waals surface area contributed by atoms with Gasteiger partial charge >= 0.3 is 0 Å². The number of likely N-dealkylation sites (tertiary alicyclic amines) is 1. The summed E-state index contributed by atoms with van der Waals surface area (Å²) in [4.78, 5) is 25.9. The van der Waals surface area contributed by atoms with Crippen LogP contribution in [-0.2, 0) is 9.59 Å². The minimum absolute atomic E-state index is 0.0692. The number of aliphatic hydroxyl groups is 1. The fraction of sp³-hybridized carbons (Fsp3) is 0.889. The molecule has 0 aromatic carbocycles. The molecule has 2 amide bonds. The van der Waals surface area contributed by atoms with E-state index in [1.54, 1.807) is 0 Å². The summed E-state index contributed by atoms with van der Waals surface area (Å²) in [5.74, 6) is 0.0805. The van der Waals surface area contributed by atoms with Gasteiger partial charge < -0.3 is 15.3 Å². The third kappa shape index (κ3) is 5.20. The van der Waals surface area contributed by atoms with Crippen LogP contribution in [0.15, 0.2) is 0 Å². The van der Waals surface area contributed by atoms with Crippen molar-refractivity contribution in [1.29, 1.82) is 0 Å². The topological polar surface area (TPSA) is 69.6 Å². The van der Waals surface area contributed by atoms with Gasteiger partial charge in [-0.05, 0) is 50.9 Å². The second-order valence-corrected chi connectivity index (χ2v) is 8.29. The SMILES string of the molecule is C[C@@H](CC(=O)NC[C@@]1(O)CCCC(C)(C)C1)N1CCCCC1=O. The van der Waals surface area contributed by atoms with Crippen LogP contribution in [0.4, 0.5) is 0 Å². The lowest BCUT2D eigenvalue weighted by Crippen LogP contribution is -2.49. The lowest BCUT2D eigenvalue weighted by Gasteiger charge is -2.41. The van der Waals surface area contributed by atoms with Crippen molar-refractivity contribution in [3.05, 3.63) is 0 Å². The summed E-state index contributed by atoms with van der Waals surface area (Å²) in [6.07, 6.45) is 6.47. The first kappa shape index (κ1) is 18.2. The zero-order valence-corrected chi connectivity index (χ0v) is 14.9. The zero-order chi connectivity index (χ0) is 17.1. The third-order valence-electron chi connectivity index (χ3n) is 5.29. The van der Waals surface area contributed by atoms with Gasteiger partial charge in [-0.25, -0.2) is 0 Å². The van der Waals surface area contributed by atoms with Gasteiger partial charge in [0, 0.05) is 32.0 Å². The highest BCUT2D eigenvalue weighted by molar-refractivity contribution is 5.80. The molecule has 0 spiro atoms. The van der Waals surface area contributed by atoms with Crippen LogP contribution in [0.2, 0.25) is 0 Å². The Morgan fingerprint density at radius 3 is 2.70 bits per heavy atom. The van der Waals surface area contributed by atoms with Crippen LogP contribution in [0, 0.1) is 5.41 Å². The summed E-state index contributed by atoms with van der Waals surface area (Å²) in [5.41, 5.74) is -0.660. The summed E-state index contributed by atoms with van der Waals surface area (Å²) in [6.45, 7) is 7.34. The number of hydrogen-bond donors (Lipinski definition) is 2. The lowest BCUT2D eigenvalue weighted by molar-refractivity contribution is -0.136. The fourth-order valence-electron chi connectivity index (χ4n) is 4.12. The van der Waals surface area contributed by atoms with Crippen molar-refractivity contribution < 1.29 is 14.7 Å². The van der Waals surface area contributed by atoms with Crippen LogP contribution in [0.25, 0.3) is 0 Å². The zero-order valence-electron chi connectivity index (χ0n) is 14.9. The van der Waals surface area contributed by atoms with E-state index in [1.807, 2.05) is 11.8 Å². The van der Waals surface area contributed by atoms with Crippen molar-refractivity contribution in [1.82, 2.24) is 10.2 Å². The Kier molecular flexibility index (Phi) is 5.71. The van der Waals surface area contributed by atoms with Crippen LogP contribution in [0.5, 0.6) is 0 Å². The van der Waals surface area contributed by atoms with E-state index in [0.717, 1.165) is 45.1 Å². The molecule has 1 saturated carbocycles. The van der Waals surface area contributed by atoms with E-state index in [2.05, 4.69) is 19.2 Å². The molecule has 23 heavy (non-hydrogen) atoms. The number of amides is 2. The summed E-state index contributed by atoms with van der Waals surface area (Å²) in [6, 6.07) is -0.0692. The maximum atomic E-state index is 12.2. The molecule has 1 aliphatic carbocycles. The molecule has 1 heterocycles. The molecule has 5 heteroatoms. The van der Waals surface area contributed by atoms with E-state index in [1.165, 1.54) is 0 Å². The van der Waals surface area contributed by atoms with Crippen molar-refractivity contribution in [3.8, 4) is 0 Å².